The fourth-order valence-corrected chi connectivity index (χ4v) is 1.39. The summed E-state index contributed by atoms with van der Waals surface area (Å²) in [5, 5.41) is 3.27. The van der Waals surface area contributed by atoms with Gasteiger partial charge in [0, 0.05) is 12.5 Å². The van der Waals surface area contributed by atoms with E-state index >= 15 is 0 Å². The molecule has 0 radical (unpaired) electrons. The van der Waals surface area contributed by atoms with E-state index in [1.54, 1.807) is 13.0 Å². The Hall–Kier alpha value is -0.770. The molecule has 1 aromatic rings. The molecule has 1 rings (SSSR count). The number of nitrogens with one attached hydrogen (secondary N) is 1. The maximum Gasteiger partial charge on any atom is 0.225 e. The lowest BCUT2D eigenvalue weighted by Crippen LogP contribution is -2.24. The molecule has 0 fully saturated rings. The molecule has 0 saturated heterocycles. The number of rotatable bonds is 3. The van der Waals surface area contributed by atoms with Crippen molar-refractivity contribution in [2.45, 2.75) is 26.3 Å². The predicted molar refractivity (Wildman–Crippen MR) is 70.3 cm³/mol. The van der Waals surface area contributed by atoms with Gasteiger partial charge in [0.2, 0.25) is 5.91 Å². The van der Waals surface area contributed by atoms with Crippen LogP contribution in [0.25, 0.3) is 0 Å². The molecule has 3 N–H and O–H groups in total. The van der Waals surface area contributed by atoms with Crippen LogP contribution in [0.3, 0.4) is 0 Å². The Morgan fingerprint density at radius 2 is 2.19 bits per heavy atom. The number of anilines is 1. The molecular weight excluding hydrogens is 247 g/mol. The van der Waals surface area contributed by atoms with Crippen molar-refractivity contribution in [1.29, 1.82) is 0 Å². The summed E-state index contributed by atoms with van der Waals surface area (Å²) in [4.78, 5) is 11.4. The van der Waals surface area contributed by atoms with Crippen LogP contribution < -0.4 is 11.1 Å². The molecule has 1 unspecified atom stereocenters. The Labute approximate surface area is 107 Å². The van der Waals surface area contributed by atoms with E-state index in [1.165, 1.54) is 0 Å². The molecule has 0 aromatic heterocycles. The van der Waals surface area contributed by atoms with Crippen molar-refractivity contribution in [3.05, 3.63) is 28.8 Å². The number of amides is 1. The number of hydrogen-bond acceptors (Lipinski definition) is 2. The summed E-state index contributed by atoms with van der Waals surface area (Å²) >= 11 is 5.93. The highest BCUT2D eigenvalue weighted by Gasteiger charge is 2.07. The second kappa shape index (κ2) is 6.74. The molecule has 0 heterocycles. The van der Waals surface area contributed by atoms with Crippen LogP contribution in [-0.4, -0.2) is 11.9 Å². The molecular formula is C11H16Cl2N2O. The van der Waals surface area contributed by atoms with Gasteiger partial charge in [-0.15, -0.1) is 12.4 Å². The molecule has 1 amide bonds. The smallest absolute Gasteiger partial charge is 0.225 e. The van der Waals surface area contributed by atoms with E-state index < -0.39 is 0 Å². The van der Waals surface area contributed by atoms with Gasteiger partial charge in [0.15, 0.2) is 0 Å². The highest BCUT2D eigenvalue weighted by atomic mass is 35.5. The first kappa shape index (κ1) is 15.2. The van der Waals surface area contributed by atoms with E-state index in [9.17, 15) is 4.79 Å². The summed E-state index contributed by atoms with van der Waals surface area (Å²) in [6.07, 6.45) is 0.296. The summed E-state index contributed by atoms with van der Waals surface area (Å²) in [6.45, 7) is 3.73. The maximum atomic E-state index is 11.4. The average molecular weight is 263 g/mol. The highest BCUT2D eigenvalue weighted by Crippen LogP contribution is 2.22. The van der Waals surface area contributed by atoms with Crippen LogP contribution in [0.5, 0.6) is 0 Å². The van der Waals surface area contributed by atoms with Gasteiger partial charge in [0.05, 0.1) is 10.7 Å². The van der Waals surface area contributed by atoms with Crippen LogP contribution in [0.2, 0.25) is 5.02 Å². The molecule has 0 spiro atoms. The van der Waals surface area contributed by atoms with Gasteiger partial charge in [-0.05, 0) is 31.5 Å². The van der Waals surface area contributed by atoms with Gasteiger partial charge in [-0.3, -0.25) is 4.79 Å². The monoisotopic (exact) mass is 262 g/mol. The van der Waals surface area contributed by atoms with Crippen molar-refractivity contribution >= 4 is 35.6 Å². The Balaban J connectivity index is 0.00000225. The van der Waals surface area contributed by atoms with Gasteiger partial charge in [0.1, 0.15) is 0 Å². The number of hydrogen-bond donors (Lipinski definition) is 2. The topological polar surface area (TPSA) is 55.1 Å². The minimum absolute atomic E-state index is 0. The van der Waals surface area contributed by atoms with Crippen LogP contribution in [0.1, 0.15) is 18.9 Å². The van der Waals surface area contributed by atoms with Crippen LogP contribution >= 0.6 is 24.0 Å². The molecule has 0 saturated carbocycles. The Bertz CT molecular complexity index is 367. The van der Waals surface area contributed by atoms with Crippen LogP contribution in [0.15, 0.2) is 18.2 Å². The van der Waals surface area contributed by atoms with Gasteiger partial charge in [-0.1, -0.05) is 17.7 Å². The van der Waals surface area contributed by atoms with Crippen molar-refractivity contribution in [3.8, 4) is 0 Å². The Morgan fingerprint density at radius 3 is 2.75 bits per heavy atom. The molecule has 1 atom stereocenters. The number of aryl methyl sites for hydroxylation is 1. The Kier molecular flexibility index (Phi) is 6.41. The zero-order chi connectivity index (χ0) is 11.4. The molecule has 0 aliphatic heterocycles. The molecule has 90 valence electrons. The van der Waals surface area contributed by atoms with E-state index in [2.05, 4.69) is 5.32 Å². The number of benzene rings is 1. The first-order valence-corrected chi connectivity index (χ1v) is 5.18. The molecule has 0 aliphatic carbocycles. The number of carbonyl (C=O) groups is 1. The minimum atomic E-state index is -0.145. The summed E-state index contributed by atoms with van der Waals surface area (Å²) < 4.78 is 0. The summed E-state index contributed by atoms with van der Waals surface area (Å²) in [7, 11) is 0. The molecule has 0 aliphatic rings. The van der Waals surface area contributed by atoms with Crippen molar-refractivity contribution in [3.63, 3.8) is 0 Å². The predicted octanol–water partition coefficient (Wildman–Crippen LogP) is 2.75. The van der Waals surface area contributed by atoms with Gasteiger partial charge in [0.25, 0.3) is 0 Å². The van der Waals surface area contributed by atoms with E-state index in [0.29, 0.717) is 17.1 Å². The van der Waals surface area contributed by atoms with Crippen LogP contribution in [-0.2, 0) is 4.79 Å². The Morgan fingerprint density at radius 1 is 1.56 bits per heavy atom. The van der Waals surface area contributed by atoms with E-state index in [1.807, 2.05) is 19.1 Å². The van der Waals surface area contributed by atoms with Crippen LogP contribution in [0.4, 0.5) is 5.69 Å². The van der Waals surface area contributed by atoms with Gasteiger partial charge < -0.3 is 11.1 Å². The summed E-state index contributed by atoms with van der Waals surface area (Å²) in [5.41, 5.74) is 7.21. The third-order valence-corrected chi connectivity index (χ3v) is 2.23. The number of carbonyl (C=O) groups excluding carboxylic acids is 1. The van der Waals surface area contributed by atoms with Crippen molar-refractivity contribution in [1.82, 2.24) is 0 Å². The SMILES string of the molecule is Cc1ccc(Cl)c(NC(=O)CC(C)N)c1.Cl. The second-order valence-electron chi connectivity index (χ2n) is 3.71. The number of halogens is 2. The minimum Gasteiger partial charge on any atom is -0.327 e. The van der Waals surface area contributed by atoms with Crippen molar-refractivity contribution in [2.75, 3.05) is 5.32 Å². The van der Waals surface area contributed by atoms with Gasteiger partial charge in [-0.2, -0.15) is 0 Å². The molecule has 5 heteroatoms. The summed E-state index contributed by atoms with van der Waals surface area (Å²) in [5.74, 6) is -0.113. The molecule has 0 bridgehead atoms. The van der Waals surface area contributed by atoms with Gasteiger partial charge in [-0.25, -0.2) is 0 Å². The third-order valence-electron chi connectivity index (χ3n) is 1.90. The largest absolute Gasteiger partial charge is 0.327 e. The first-order chi connectivity index (χ1) is 6.99. The zero-order valence-corrected chi connectivity index (χ0v) is 10.9. The lowest BCUT2D eigenvalue weighted by atomic mass is 10.2. The fraction of sp³-hybridized carbons (Fsp3) is 0.364. The maximum absolute atomic E-state index is 11.4. The van der Waals surface area contributed by atoms with Crippen LogP contribution in [0, 0.1) is 6.92 Å². The summed E-state index contributed by atoms with van der Waals surface area (Å²) in [6, 6.07) is 5.34. The average Bonchev–Trinajstić information content (AvgIpc) is 2.10. The first-order valence-electron chi connectivity index (χ1n) is 4.80. The zero-order valence-electron chi connectivity index (χ0n) is 9.29. The molecule has 16 heavy (non-hydrogen) atoms. The molecule has 3 nitrogen and oxygen atoms in total. The normalized spacial score (nSPS) is 11.5. The third kappa shape index (κ3) is 4.84. The van der Waals surface area contributed by atoms with E-state index in [-0.39, 0.29) is 24.4 Å². The quantitative estimate of drug-likeness (QED) is 0.880. The van der Waals surface area contributed by atoms with Crippen molar-refractivity contribution < 1.29 is 4.79 Å². The highest BCUT2D eigenvalue weighted by molar-refractivity contribution is 6.33. The number of nitrogens with two attached hydrogens (primary N) is 1. The fourth-order valence-electron chi connectivity index (χ4n) is 1.23. The van der Waals surface area contributed by atoms with Gasteiger partial charge >= 0.3 is 0 Å². The lowest BCUT2D eigenvalue weighted by Gasteiger charge is -2.09. The standard InChI is InChI=1S/C11H15ClN2O.ClH/c1-7-3-4-9(12)10(5-7)14-11(15)6-8(2)13;/h3-5,8H,6,13H2,1-2H3,(H,14,15);1H. The lowest BCUT2D eigenvalue weighted by molar-refractivity contribution is -0.116. The van der Waals surface area contributed by atoms with Crippen molar-refractivity contribution in [2.24, 2.45) is 5.73 Å². The second-order valence-corrected chi connectivity index (χ2v) is 4.12. The van der Waals surface area contributed by atoms with E-state index in [0.717, 1.165) is 5.56 Å². The molecule has 1 aromatic carbocycles. The van der Waals surface area contributed by atoms with E-state index in [4.69, 9.17) is 17.3 Å².